The third-order valence-electron chi connectivity index (χ3n) is 2.46. The molecule has 1 atom stereocenters. The molecule has 1 aliphatic rings. The van der Waals surface area contributed by atoms with Crippen molar-refractivity contribution >= 4 is 0 Å². The lowest BCUT2D eigenvalue weighted by Gasteiger charge is -2.31. The smallest absolute Gasteiger partial charge is 0.194 e. The van der Waals surface area contributed by atoms with Crippen molar-refractivity contribution in [1.82, 2.24) is 0 Å². The Morgan fingerprint density at radius 1 is 1.18 bits per heavy atom. The molecular weight excluding hydrogens is 144 g/mol. The number of methoxy groups -OCH3 is 3. The Balaban J connectivity index is 2.63. The van der Waals surface area contributed by atoms with Gasteiger partial charge >= 0.3 is 0 Å². The maximum Gasteiger partial charge on any atom is 0.194 e. The summed E-state index contributed by atoms with van der Waals surface area (Å²) in [6, 6.07) is 0. The van der Waals surface area contributed by atoms with Crippen LogP contribution in [0.3, 0.4) is 0 Å². The van der Waals surface area contributed by atoms with Crippen molar-refractivity contribution in [3.63, 3.8) is 0 Å². The Morgan fingerprint density at radius 3 is 2.18 bits per heavy atom. The van der Waals surface area contributed by atoms with Crippen molar-refractivity contribution in [1.29, 1.82) is 0 Å². The molecule has 0 aromatic rings. The van der Waals surface area contributed by atoms with Crippen LogP contribution in [0.4, 0.5) is 0 Å². The third-order valence-corrected chi connectivity index (χ3v) is 2.46. The first-order valence-electron chi connectivity index (χ1n) is 3.92. The average molecular weight is 160 g/mol. The van der Waals surface area contributed by atoms with Gasteiger partial charge in [0.2, 0.25) is 0 Å². The normalized spacial score (nSPS) is 29.2. The number of ether oxygens (including phenoxy) is 3. The molecule has 1 fully saturated rings. The van der Waals surface area contributed by atoms with Crippen molar-refractivity contribution in [2.24, 2.45) is 0 Å². The van der Waals surface area contributed by atoms with E-state index in [9.17, 15) is 0 Å². The van der Waals surface area contributed by atoms with E-state index in [-0.39, 0.29) is 6.10 Å². The molecule has 3 nitrogen and oxygen atoms in total. The predicted molar refractivity (Wildman–Crippen MR) is 41.4 cm³/mol. The molecule has 0 heterocycles. The fourth-order valence-electron chi connectivity index (χ4n) is 1.76. The third kappa shape index (κ3) is 1.41. The zero-order valence-electron chi connectivity index (χ0n) is 7.42. The molecular formula is C8H16O3. The van der Waals surface area contributed by atoms with Gasteiger partial charge < -0.3 is 14.2 Å². The van der Waals surface area contributed by atoms with Crippen LogP contribution in [0, 0.1) is 0 Å². The SMILES string of the molecule is COC1CCCC1(OC)OC. The van der Waals surface area contributed by atoms with Gasteiger partial charge in [0.15, 0.2) is 5.79 Å². The second-order valence-corrected chi connectivity index (χ2v) is 2.84. The zero-order valence-corrected chi connectivity index (χ0v) is 7.42. The quantitative estimate of drug-likeness (QED) is 0.580. The van der Waals surface area contributed by atoms with Gasteiger partial charge in [0.05, 0.1) is 0 Å². The monoisotopic (exact) mass is 160 g/mol. The van der Waals surface area contributed by atoms with E-state index in [1.54, 1.807) is 21.3 Å². The fourth-order valence-corrected chi connectivity index (χ4v) is 1.76. The second-order valence-electron chi connectivity index (χ2n) is 2.84. The van der Waals surface area contributed by atoms with Crippen LogP contribution < -0.4 is 0 Å². The first kappa shape index (κ1) is 8.97. The van der Waals surface area contributed by atoms with Crippen LogP contribution in [0.15, 0.2) is 0 Å². The Bertz CT molecular complexity index is 121. The lowest BCUT2D eigenvalue weighted by atomic mass is 10.2. The van der Waals surface area contributed by atoms with Crippen LogP contribution in [-0.4, -0.2) is 33.2 Å². The maximum atomic E-state index is 5.30. The van der Waals surface area contributed by atoms with Gasteiger partial charge in [-0.25, -0.2) is 0 Å². The van der Waals surface area contributed by atoms with E-state index >= 15 is 0 Å². The van der Waals surface area contributed by atoms with Crippen LogP contribution in [0.25, 0.3) is 0 Å². The summed E-state index contributed by atoms with van der Waals surface area (Å²) in [6.45, 7) is 0. The lowest BCUT2D eigenvalue weighted by molar-refractivity contribution is -0.250. The highest BCUT2D eigenvalue weighted by molar-refractivity contribution is 4.86. The number of hydrogen-bond donors (Lipinski definition) is 0. The number of hydrogen-bond acceptors (Lipinski definition) is 3. The van der Waals surface area contributed by atoms with E-state index < -0.39 is 5.79 Å². The highest BCUT2D eigenvalue weighted by Crippen LogP contribution is 2.35. The van der Waals surface area contributed by atoms with Gasteiger partial charge in [0, 0.05) is 27.8 Å². The van der Waals surface area contributed by atoms with E-state index in [4.69, 9.17) is 14.2 Å². The summed E-state index contributed by atoms with van der Waals surface area (Å²) in [6.07, 6.45) is 3.16. The Kier molecular flexibility index (Phi) is 2.87. The predicted octanol–water partition coefficient (Wildman–Crippen LogP) is 1.17. The van der Waals surface area contributed by atoms with Crippen LogP contribution in [-0.2, 0) is 14.2 Å². The highest BCUT2D eigenvalue weighted by atomic mass is 16.7. The molecule has 0 spiro atoms. The molecule has 1 rings (SSSR count). The second kappa shape index (κ2) is 3.52. The van der Waals surface area contributed by atoms with Crippen molar-refractivity contribution in [2.75, 3.05) is 21.3 Å². The summed E-state index contributed by atoms with van der Waals surface area (Å²) in [7, 11) is 5.03. The van der Waals surface area contributed by atoms with E-state index in [1.807, 2.05) is 0 Å². The molecule has 66 valence electrons. The molecule has 0 aliphatic heterocycles. The minimum Gasteiger partial charge on any atom is -0.376 e. The first-order valence-corrected chi connectivity index (χ1v) is 3.92. The van der Waals surface area contributed by atoms with Crippen molar-refractivity contribution in [3.8, 4) is 0 Å². The minimum atomic E-state index is -0.477. The topological polar surface area (TPSA) is 27.7 Å². The Hall–Kier alpha value is -0.120. The van der Waals surface area contributed by atoms with E-state index in [1.165, 1.54) is 0 Å². The molecule has 0 radical (unpaired) electrons. The van der Waals surface area contributed by atoms with Gasteiger partial charge in [0.25, 0.3) is 0 Å². The molecule has 0 aromatic carbocycles. The van der Waals surface area contributed by atoms with Gasteiger partial charge in [-0.2, -0.15) is 0 Å². The molecule has 1 unspecified atom stereocenters. The van der Waals surface area contributed by atoms with Gasteiger partial charge in [-0.1, -0.05) is 0 Å². The Morgan fingerprint density at radius 2 is 1.82 bits per heavy atom. The molecule has 0 saturated heterocycles. The van der Waals surface area contributed by atoms with Crippen molar-refractivity contribution in [3.05, 3.63) is 0 Å². The first-order chi connectivity index (χ1) is 5.29. The highest BCUT2D eigenvalue weighted by Gasteiger charge is 2.43. The van der Waals surface area contributed by atoms with Gasteiger partial charge in [0.1, 0.15) is 6.10 Å². The lowest BCUT2D eigenvalue weighted by Crippen LogP contribution is -2.42. The number of rotatable bonds is 3. The largest absolute Gasteiger partial charge is 0.376 e. The molecule has 1 saturated carbocycles. The standard InChI is InChI=1S/C8H16O3/c1-9-7-5-4-6-8(7,10-2)11-3/h7H,4-6H2,1-3H3. The molecule has 0 aromatic heterocycles. The van der Waals surface area contributed by atoms with Crippen LogP contribution in [0.1, 0.15) is 19.3 Å². The van der Waals surface area contributed by atoms with Crippen LogP contribution in [0.2, 0.25) is 0 Å². The van der Waals surface area contributed by atoms with Crippen molar-refractivity contribution < 1.29 is 14.2 Å². The molecule has 1 aliphatic carbocycles. The van der Waals surface area contributed by atoms with Gasteiger partial charge in [-0.15, -0.1) is 0 Å². The van der Waals surface area contributed by atoms with Crippen molar-refractivity contribution in [2.45, 2.75) is 31.2 Å². The minimum absolute atomic E-state index is 0.0949. The van der Waals surface area contributed by atoms with E-state index in [2.05, 4.69) is 0 Å². The molecule has 3 heteroatoms. The summed E-state index contributed by atoms with van der Waals surface area (Å²) in [5, 5.41) is 0. The Labute approximate surface area is 67.6 Å². The summed E-state index contributed by atoms with van der Waals surface area (Å²) >= 11 is 0. The van der Waals surface area contributed by atoms with E-state index in [0.717, 1.165) is 19.3 Å². The summed E-state index contributed by atoms with van der Waals surface area (Å²) in [5.41, 5.74) is 0. The summed E-state index contributed by atoms with van der Waals surface area (Å²) in [4.78, 5) is 0. The van der Waals surface area contributed by atoms with E-state index in [0.29, 0.717) is 0 Å². The summed E-state index contributed by atoms with van der Waals surface area (Å²) < 4.78 is 15.9. The van der Waals surface area contributed by atoms with Gasteiger partial charge in [-0.3, -0.25) is 0 Å². The molecule has 0 N–H and O–H groups in total. The molecule has 0 amide bonds. The summed E-state index contributed by atoms with van der Waals surface area (Å²) in [5.74, 6) is -0.477. The van der Waals surface area contributed by atoms with Gasteiger partial charge in [-0.05, 0) is 12.8 Å². The van der Waals surface area contributed by atoms with Crippen LogP contribution >= 0.6 is 0 Å². The maximum absolute atomic E-state index is 5.30. The zero-order chi connectivity index (χ0) is 8.32. The molecule has 0 bridgehead atoms. The fraction of sp³-hybridized carbons (Fsp3) is 1.00. The average Bonchev–Trinajstić information content (AvgIpc) is 2.47. The van der Waals surface area contributed by atoms with Crippen LogP contribution in [0.5, 0.6) is 0 Å². The molecule has 11 heavy (non-hydrogen) atoms.